The molecule has 13 heavy (non-hydrogen) atoms. The minimum Gasteiger partial charge on any atom is -0.399 e. The lowest BCUT2D eigenvalue weighted by Crippen LogP contribution is -2.19. The first-order valence-corrected chi connectivity index (χ1v) is 3.70. The van der Waals surface area contributed by atoms with Gasteiger partial charge >= 0.3 is 0 Å². The van der Waals surface area contributed by atoms with E-state index >= 15 is 0 Å². The van der Waals surface area contributed by atoms with Crippen molar-refractivity contribution in [3.8, 4) is 6.07 Å². The average Bonchev–Trinajstić information content (AvgIpc) is 2.16. The largest absolute Gasteiger partial charge is 0.399 e. The third-order valence-electron chi connectivity index (χ3n) is 1.64. The number of hydrogen-bond acceptors (Lipinski definition) is 3. The third kappa shape index (κ3) is 1.76. The first-order valence-electron chi connectivity index (χ1n) is 3.70. The topological polar surface area (TPSA) is 78.9 Å². The molecule has 0 radical (unpaired) electrons. The Kier molecular flexibility index (Phi) is 2.50. The number of nitrogens with one attached hydrogen (secondary N) is 1. The molecule has 1 aromatic carbocycles. The van der Waals surface area contributed by atoms with E-state index in [9.17, 15) is 4.79 Å². The maximum absolute atomic E-state index is 11.2. The van der Waals surface area contributed by atoms with Gasteiger partial charge in [-0.3, -0.25) is 4.79 Å². The summed E-state index contributed by atoms with van der Waals surface area (Å²) in [5.41, 5.74) is 6.59. The number of anilines is 1. The van der Waals surface area contributed by atoms with E-state index in [-0.39, 0.29) is 5.91 Å². The zero-order valence-corrected chi connectivity index (χ0v) is 7.16. The van der Waals surface area contributed by atoms with Gasteiger partial charge in [0, 0.05) is 12.7 Å². The van der Waals surface area contributed by atoms with Gasteiger partial charge < -0.3 is 11.1 Å². The molecule has 66 valence electrons. The molecule has 4 nitrogen and oxygen atoms in total. The zero-order valence-electron chi connectivity index (χ0n) is 7.16. The Labute approximate surface area is 76.0 Å². The maximum Gasteiger partial charge on any atom is 0.252 e. The van der Waals surface area contributed by atoms with E-state index < -0.39 is 0 Å². The highest BCUT2D eigenvalue weighted by Gasteiger charge is 2.09. The quantitative estimate of drug-likeness (QED) is 0.610. The van der Waals surface area contributed by atoms with Gasteiger partial charge in [-0.25, -0.2) is 0 Å². The highest BCUT2D eigenvalue weighted by Crippen LogP contribution is 2.12. The Hall–Kier alpha value is -2.02. The Morgan fingerprint density at radius 3 is 2.85 bits per heavy atom. The second kappa shape index (κ2) is 3.59. The van der Waals surface area contributed by atoms with E-state index in [0.29, 0.717) is 16.8 Å². The smallest absolute Gasteiger partial charge is 0.252 e. The molecule has 0 unspecified atom stereocenters. The van der Waals surface area contributed by atoms with Crippen molar-refractivity contribution in [3.05, 3.63) is 29.3 Å². The first-order chi connectivity index (χ1) is 6.19. The van der Waals surface area contributed by atoms with Gasteiger partial charge in [-0.2, -0.15) is 5.26 Å². The van der Waals surface area contributed by atoms with Crippen molar-refractivity contribution in [3.63, 3.8) is 0 Å². The number of amides is 1. The molecule has 1 rings (SSSR count). The summed E-state index contributed by atoms with van der Waals surface area (Å²) in [6, 6.07) is 6.52. The fraction of sp³-hybridized carbons (Fsp3) is 0.111. The predicted molar refractivity (Wildman–Crippen MR) is 49.0 cm³/mol. The van der Waals surface area contributed by atoms with Crippen molar-refractivity contribution < 1.29 is 4.79 Å². The summed E-state index contributed by atoms with van der Waals surface area (Å²) in [5, 5.41) is 11.1. The number of carbonyl (C=O) groups excluding carboxylic acids is 1. The first kappa shape index (κ1) is 9.07. The van der Waals surface area contributed by atoms with Gasteiger partial charge in [0.1, 0.15) is 0 Å². The van der Waals surface area contributed by atoms with Crippen LogP contribution >= 0.6 is 0 Å². The van der Waals surface area contributed by atoms with Crippen LogP contribution in [0.3, 0.4) is 0 Å². The van der Waals surface area contributed by atoms with E-state index in [2.05, 4.69) is 5.32 Å². The Morgan fingerprint density at radius 2 is 2.31 bits per heavy atom. The molecule has 0 aliphatic heterocycles. The number of nitrogen functional groups attached to an aromatic ring is 1. The molecule has 0 saturated heterocycles. The lowest BCUT2D eigenvalue weighted by atomic mass is 10.1. The molecular formula is C9H9N3O. The maximum atomic E-state index is 11.2. The summed E-state index contributed by atoms with van der Waals surface area (Å²) in [7, 11) is 1.51. The molecule has 3 N–H and O–H groups in total. The second-order valence-corrected chi connectivity index (χ2v) is 2.50. The SMILES string of the molecule is CNC(=O)c1cc(N)ccc1C#N. The van der Waals surface area contributed by atoms with E-state index in [1.165, 1.54) is 19.2 Å². The van der Waals surface area contributed by atoms with Gasteiger partial charge in [0.15, 0.2) is 0 Å². The van der Waals surface area contributed by atoms with Crippen LogP contribution in [0.2, 0.25) is 0 Å². The molecule has 1 aromatic rings. The fourth-order valence-electron chi connectivity index (χ4n) is 0.982. The zero-order chi connectivity index (χ0) is 9.84. The summed E-state index contributed by atoms with van der Waals surface area (Å²) in [6.45, 7) is 0. The van der Waals surface area contributed by atoms with Gasteiger partial charge in [-0.05, 0) is 18.2 Å². The Morgan fingerprint density at radius 1 is 1.62 bits per heavy atom. The fourth-order valence-corrected chi connectivity index (χ4v) is 0.982. The van der Waals surface area contributed by atoms with Crippen LogP contribution < -0.4 is 11.1 Å². The highest BCUT2D eigenvalue weighted by atomic mass is 16.1. The van der Waals surface area contributed by atoms with Gasteiger partial charge in [0.25, 0.3) is 5.91 Å². The molecule has 4 heteroatoms. The molecule has 0 aliphatic carbocycles. The van der Waals surface area contributed by atoms with Gasteiger partial charge in [0.2, 0.25) is 0 Å². The van der Waals surface area contributed by atoms with Crippen molar-refractivity contribution in [2.75, 3.05) is 12.8 Å². The normalized spacial score (nSPS) is 8.92. The highest BCUT2D eigenvalue weighted by molar-refractivity contribution is 5.97. The molecule has 0 aliphatic rings. The van der Waals surface area contributed by atoms with Crippen LogP contribution in [0.15, 0.2) is 18.2 Å². The number of hydrogen-bond donors (Lipinski definition) is 2. The van der Waals surface area contributed by atoms with Crippen LogP contribution in [0.1, 0.15) is 15.9 Å². The number of carbonyl (C=O) groups is 1. The van der Waals surface area contributed by atoms with E-state index in [0.717, 1.165) is 0 Å². The van der Waals surface area contributed by atoms with E-state index in [1.807, 2.05) is 6.07 Å². The summed E-state index contributed by atoms with van der Waals surface area (Å²) in [4.78, 5) is 11.2. The number of nitrogens with zero attached hydrogens (tertiary/aromatic N) is 1. The molecule has 0 saturated carbocycles. The lowest BCUT2D eigenvalue weighted by Gasteiger charge is -2.02. The van der Waals surface area contributed by atoms with Crippen LogP contribution in [0.4, 0.5) is 5.69 Å². The summed E-state index contributed by atoms with van der Waals surface area (Å²) in [5.74, 6) is -0.302. The van der Waals surface area contributed by atoms with Crippen molar-refractivity contribution in [1.82, 2.24) is 5.32 Å². The summed E-state index contributed by atoms with van der Waals surface area (Å²) >= 11 is 0. The van der Waals surface area contributed by atoms with Crippen LogP contribution in [0, 0.1) is 11.3 Å². The number of benzene rings is 1. The summed E-state index contributed by atoms with van der Waals surface area (Å²) in [6.07, 6.45) is 0. The van der Waals surface area contributed by atoms with Crippen LogP contribution in [0.25, 0.3) is 0 Å². The number of nitriles is 1. The molecule has 0 bridgehead atoms. The standard InChI is InChI=1S/C9H9N3O/c1-12-9(13)8-4-7(11)3-2-6(8)5-10/h2-4H,11H2,1H3,(H,12,13). The molecular weight excluding hydrogens is 166 g/mol. The monoisotopic (exact) mass is 175 g/mol. The number of rotatable bonds is 1. The molecule has 0 atom stereocenters. The van der Waals surface area contributed by atoms with Crippen molar-refractivity contribution in [1.29, 1.82) is 5.26 Å². The predicted octanol–water partition coefficient (Wildman–Crippen LogP) is 0.500. The molecule has 0 spiro atoms. The third-order valence-corrected chi connectivity index (χ3v) is 1.64. The number of nitrogens with two attached hydrogens (primary N) is 1. The van der Waals surface area contributed by atoms with Crippen LogP contribution in [-0.4, -0.2) is 13.0 Å². The van der Waals surface area contributed by atoms with Crippen molar-refractivity contribution in [2.45, 2.75) is 0 Å². The van der Waals surface area contributed by atoms with E-state index in [1.54, 1.807) is 6.07 Å². The van der Waals surface area contributed by atoms with E-state index in [4.69, 9.17) is 11.0 Å². The second-order valence-electron chi connectivity index (χ2n) is 2.50. The van der Waals surface area contributed by atoms with Crippen LogP contribution in [0.5, 0.6) is 0 Å². The Bertz CT molecular complexity index is 379. The minimum atomic E-state index is -0.302. The minimum absolute atomic E-state index is 0.302. The van der Waals surface area contributed by atoms with Crippen molar-refractivity contribution in [2.24, 2.45) is 0 Å². The van der Waals surface area contributed by atoms with Gasteiger partial charge in [-0.15, -0.1) is 0 Å². The molecule has 0 fully saturated rings. The Balaban J connectivity index is 3.25. The summed E-state index contributed by atoms with van der Waals surface area (Å²) < 4.78 is 0. The lowest BCUT2D eigenvalue weighted by molar-refractivity contribution is 0.0963. The molecule has 1 amide bonds. The van der Waals surface area contributed by atoms with Gasteiger partial charge in [0.05, 0.1) is 17.2 Å². The van der Waals surface area contributed by atoms with Crippen LogP contribution in [-0.2, 0) is 0 Å². The van der Waals surface area contributed by atoms with Crippen molar-refractivity contribution >= 4 is 11.6 Å². The molecule has 0 heterocycles. The van der Waals surface area contributed by atoms with Gasteiger partial charge in [-0.1, -0.05) is 0 Å². The molecule has 0 aromatic heterocycles. The average molecular weight is 175 g/mol.